The Labute approximate surface area is 189 Å². The Balaban J connectivity index is 1.80. The Morgan fingerprint density at radius 3 is 2.30 bits per heavy atom. The minimum atomic E-state index is -4.14. The van der Waals surface area contributed by atoms with Crippen LogP contribution in [0.2, 0.25) is 0 Å². The molecule has 0 aliphatic rings. The Hall–Kier alpha value is -3.85. The molecule has 0 aliphatic carbocycles. The van der Waals surface area contributed by atoms with Gasteiger partial charge in [-0.15, -0.1) is 0 Å². The van der Waals surface area contributed by atoms with Crippen molar-refractivity contribution in [1.29, 1.82) is 0 Å². The summed E-state index contributed by atoms with van der Waals surface area (Å²) in [6.45, 7) is 5.27. The summed E-state index contributed by atoms with van der Waals surface area (Å²) in [5.41, 5.74) is 2.68. The zero-order valence-corrected chi connectivity index (χ0v) is 18.7. The summed E-state index contributed by atoms with van der Waals surface area (Å²) in [6.07, 6.45) is 0. The standard InChI is InChI=1S/C24H20FNO6S/c1-12-10-18-21(13(2)22(26-18)24(28)29)14(3)23(12)32-16-6-9-19(27)20(11-16)33(30,31)17-7-4-15(25)5-8-17/h4-11,26-27H,1-3H3,(H,28,29). The molecule has 4 aromatic rings. The number of nitrogens with one attached hydrogen (secondary N) is 1. The number of ether oxygens (including phenoxy) is 1. The van der Waals surface area contributed by atoms with Gasteiger partial charge in [-0.1, -0.05) is 0 Å². The first kappa shape index (κ1) is 22.3. The number of aromatic hydroxyl groups is 1. The number of aromatic amines is 1. The van der Waals surface area contributed by atoms with Crippen molar-refractivity contribution >= 4 is 26.7 Å². The Kier molecular flexibility index (Phi) is 5.37. The van der Waals surface area contributed by atoms with E-state index in [4.69, 9.17) is 4.74 Å². The van der Waals surface area contributed by atoms with Gasteiger partial charge in [0, 0.05) is 22.5 Å². The molecule has 9 heteroatoms. The topological polar surface area (TPSA) is 117 Å². The molecule has 7 nitrogen and oxygen atoms in total. The van der Waals surface area contributed by atoms with Gasteiger partial charge in [-0.2, -0.15) is 0 Å². The van der Waals surface area contributed by atoms with Gasteiger partial charge in [0.1, 0.15) is 33.7 Å². The number of carboxylic acids is 1. The van der Waals surface area contributed by atoms with E-state index >= 15 is 0 Å². The smallest absolute Gasteiger partial charge is 0.352 e. The lowest BCUT2D eigenvalue weighted by Gasteiger charge is -2.15. The van der Waals surface area contributed by atoms with Crippen LogP contribution in [0, 0.1) is 26.6 Å². The number of aromatic carboxylic acids is 1. The van der Waals surface area contributed by atoms with Gasteiger partial charge in [-0.3, -0.25) is 0 Å². The number of carboxylic acid groups (broad SMARTS) is 1. The number of sulfone groups is 1. The highest BCUT2D eigenvalue weighted by Crippen LogP contribution is 2.39. The predicted molar refractivity (Wildman–Crippen MR) is 120 cm³/mol. The van der Waals surface area contributed by atoms with Crippen LogP contribution < -0.4 is 4.74 Å². The lowest BCUT2D eigenvalue weighted by atomic mass is 10.0. The van der Waals surface area contributed by atoms with Crippen LogP contribution in [0.3, 0.4) is 0 Å². The highest BCUT2D eigenvalue weighted by molar-refractivity contribution is 7.91. The number of phenolic OH excluding ortho intramolecular Hbond substituents is 1. The average molecular weight is 469 g/mol. The van der Waals surface area contributed by atoms with Crippen LogP contribution in [0.1, 0.15) is 27.2 Å². The van der Waals surface area contributed by atoms with Crippen molar-refractivity contribution in [2.45, 2.75) is 30.6 Å². The van der Waals surface area contributed by atoms with Gasteiger partial charge >= 0.3 is 5.97 Å². The SMILES string of the molecule is Cc1cc2[nH]c(C(=O)O)c(C)c2c(C)c1Oc1ccc(O)c(S(=O)(=O)c2ccc(F)cc2)c1. The van der Waals surface area contributed by atoms with Crippen molar-refractivity contribution in [2.75, 3.05) is 0 Å². The first-order valence-corrected chi connectivity index (χ1v) is 11.4. The van der Waals surface area contributed by atoms with Crippen LogP contribution in [-0.2, 0) is 9.84 Å². The zero-order valence-electron chi connectivity index (χ0n) is 17.9. The number of H-pyrrole nitrogens is 1. The van der Waals surface area contributed by atoms with Crippen LogP contribution in [-0.4, -0.2) is 29.6 Å². The second-order valence-electron chi connectivity index (χ2n) is 7.69. The van der Waals surface area contributed by atoms with Crippen molar-refractivity contribution < 1.29 is 32.6 Å². The molecule has 33 heavy (non-hydrogen) atoms. The average Bonchev–Trinajstić information content (AvgIpc) is 3.08. The van der Waals surface area contributed by atoms with Gasteiger partial charge < -0.3 is 19.9 Å². The van der Waals surface area contributed by atoms with Crippen LogP contribution in [0.25, 0.3) is 10.9 Å². The third-order valence-electron chi connectivity index (χ3n) is 5.49. The van der Waals surface area contributed by atoms with E-state index in [9.17, 15) is 27.8 Å². The highest BCUT2D eigenvalue weighted by atomic mass is 32.2. The van der Waals surface area contributed by atoms with Gasteiger partial charge in [0.2, 0.25) is 9.84 Å². The predicted octanol–water partition coefficient (Wildman–Crippen LogP) is 5.26. The maximum atomic E-state index is 13.2. The van der Waals surface area contributed by atoms with E-state index < -0.39 is 27.4 Å². The molecule has 4 rings (SSSR count). The largest absolute Gasteiger partial charge is 0.507 e. The molecule has 0 saturated carbocycles. The number of aromatic nitrogens is 1. The molecule has 0 unspecified atom stereocenters. The van der Waals surface area contributed by atoms with Crippen molar-refractivity contribution in [1.82, 2.24) is 4.98 Å². The minimum absolute atomic E-state index is 0.0851. The molecule has 0 amide bonds. The van der Waals surface area contributed by atoms with Crippen molar-refractivity contribution in [2.24, 2.45) is 0 Å². The molecule has 1 aromatic heterocycles. The number of hydrogen-bond donors (Lipinski definition) is 3. The van der Waals surface area contributed by atoms with Crippen molar-refractivity contribution in [3.63, 3.8) is 0 Å². The minimum Gasteiger partial charge on any atom is -0.507 e. The number of phenols is 1. The van der Waals surface area contributed by atoms with Gasteiger partial charge in [-0.05, 0) is 74.4 Å². The second-order valence-corrected chi connectivity index (χ2v) is 9.61. The molecule has 0 saturated heterocycles. The van der Waals surface area contributed by atoms with Gasteiger partial charge in [0.15, 0.2) is 0 Å². The summed E-state index contributed by atoms with van der Waals surface area (Å²) in [4.78, 5) is 13.8. The first-order valence-electron chi connectivity index (χ1n) is 9.88. The molecule has 1 heterocycles. The number of hydrogen-bond acceptors (Lipinski definition) is 5. The fourth-order valence-corrected chi connectivity index (χ4v) is 5.27. The summed E-state index contributed by atoms with van der Waals surface area (Å²) in [7, 11) is -4.14. The maximum Gasteiger partial charge on any atom is 0.352 e. The molecule has 0 atom stereocenters. The van der Waals surface area contributed by atoms with Crippen LogP contribution in [0.15, 0.2) is 58.3 Å². The quantitative estimate of drug-likeness (QED) is 0.343. The number of aryl methyl sites for hydroxylation is 3. The zero-order chi connectivity index (χ0) is 24.1. The van der Waals surface area contributed by atoms with E-state index in [1.54, 1.807) is 26.8 Å². The third kappa shape index (κ3) is 3.80. The van der Waals surface area contributed by atoms with Gasteiger partial charge in [0.05, 0.1) is 4.90 Å². The summed E-state index contributed by atoms with van der Waals surface area (Å²) >= 11 is 0. The molecule has 0 fully saturated rings. The maximum absolute atomic E-state index is 13.2. The van der Waals surface area contributed by atoms with E-state index in [2.05, 4.69) is 4.98 Å². The number of carbonyl (C=O) groups is 1. The molecule has 3 N–H and O–H groups in total. The van der Waals surface area contributed by atoms with E-state index in [0.29, 0.717) is 33.3 Å². The second kappa shape index (κ2) is 7.93. The summed E-state index contributed by atoms with van der Waals surface area (Å²) in [5, 5.41) is 20.3. The number of fused-ring (bicyclic) bond motifs is 1. The van der Waals surface area contributed by atoms with E-state index in [1.165, 1.54) is 18.2 Å². The molecule has 0 bridgehead atoms. The Morgan fingerprint density at radius 2 is 1.67 bits per heavy atom. The van der Waals surface area contributed by atoms with E-state index in [-0.39, 0.29) is 21.2 Å². The molecule has 0 aliphatic heterocycles. The van der Waals surface area contributed by atoms with Gasteiger partial charge in [-0.25, -0.2) is 17.6 Å². The van der Waals surface area contributed by atoms with E-state index in [0.717, 1.165) is 24.3 Å². The molecule has 0 spiro atoms. The Morgan fingerprint density at radius 1 is 1.00 bits per heavy atom. The molecular formula is C24H20FNO6S. The number of halogens is 1. The number of rotatable bonds is 5. The molecule has 0 radical (unpaired) electrons. The lowest BCUT2D eigenvalue weighted by molar-refractivity contribution is 0.0690. The number of benzene rings is 3. The molecular weight excluding hydrogens is 449 g/mol. The third-order valence-corrected chi connectivity index (χ3v) is 7.29. The monoisotopic (exact) mass is 469 g/mol. The van der Waals surface area contributed by atoms with Crippen molar-refractivity contribution in [3.8, 4) is 17.2 Å². The molecule has 3 aromatic carbocycles. The van der Waals surface area contributed by atoms with Crippen LogP contribution in [0.4, 0.5) is 4.39 Å². The summed E-state index contributed by atoms with van der Waals surface area (Å²) < 4.78 is 45.2. The van der Waals surface area contributed by atoms with Gasteiger partial charge in [0.25, 0.3) is 0 Å². The first-order chi connectivity index (χ1) is 15.5. The summed E-state index contributed by atoms with van der Waals surface area (Å²) in [5.74, 6) is -1.52. The normalized spacial score (nSPS) is 11.6. The molecule has 170 valence electrons. The lowest BCUT2D eigenvalue weighted by Crippen LogP contribution is -2.03. The fourth-order valence-electron chi connectivity index (χ4n) is 3.90. The van der Waals surface area contributed by atoms with E-state index in [1.807, 2.05) is 0 Å². The highest BCUT2D eigenvalue weighted by Gasteiger charge is 2.24. The van der Waals surface area contributed by atoms with Crippen LogP contribution >= 0.6 is 0 Å². The Bertz CT molecular complexity index is 1520. The van der Waals surface area contributed by atoms with Crippen LogP contribution in [0.5, 0.6) is 17.2 Å². The summed E-state index contributed by atoms with van der Waals surface area (Å²) in [6, 6.07) is 9.88. The fraction of sp³-hybridized carbons (Fsp3) is 0.125. The van der Waals surface area contributed by atoms with Crippen molar-refractivity contribution in [3.05, 3.63) is 76.7 Å².